The van der Waals surface area contributed by atoms with Crippen molar-refractivity contribution in [1.29, 1.82) is 0 Å². The molecular formula is C15H23N3O2. The molecule has 1 aromatic rings. The number of ether oxygens (including phenoxy) is 2. The quantitative estimate of drug-likeness (QED) is 0.752. The van der Waals surface area contributed by atoms with Gasteiger partial charge in [-0.05, 0) is 37.0 Å². The van der Waals surface area contributed by atoms with Crippen molar-refractivity contribution in [2.75, 3.05) is 19.8 Å². The number of nitrogens with two attached hydrogens (primary N) is 1. The molecule has 2 aliphatic rings. The number of hydrazine groups is 1. The van der Waals surface area contributed by atoms with Gasteiger partial charge in [0.25, 0.3) is 0 Å². The van der Waals surface area contributed by atoms with Crippen LogP contribution >= 0.6 is 0 Å². The first kappa shape index (κ1) is 13.8. The van der Waals surface area contributed by atoms with Crippen molar-refractivity contribution in [3.8, 4) is 5.75 Å². The number of rotatable bonds is 5. The van der Waals surface area contributed by atoms with Crippen LogP contribution in [0.1, 0.15) is 30.9 Å². The van der Waals surface area contributed by atoms with Gasteiger partial charge in [0.1, 0.15) is 12.4 Å². The maximum absolute atomic E-state index is 5.77. The van der Waals surface area contributed by atoms with E-state index in [9.17, 15) is 0 Å². The van der Waals surface area contributed by atoms with E-state index in [0.29, 0.717) is 25.2 Å². The molecule has 5 nitrogen and oxygen atoms in total. The average molecular weight is 277 g/mol. The Morgan fingerprint density at radius 1 is 1.25 bits per heavy atom. The fourth-order valence-corrected chi connectivity index (χ4v) is 2.76. The molecule has 0 radical (unpaired) electrons. The van der Waals surface area contributed by atoms with Crippen molar-refractivity contribution in [3.05, 3.63) is 29.8 Å². The van der Waals surface area contributed by atoms with Gasteiger partial charge in [0, 0.05) is 25.2 Å². The molecular weight excluding hydrogens is 254 g/mol. The Hall–Kier alpha value is -1.14. The highest BCUT2D eigenvalue weighted by atomic mass is 16.5. The molecule has 20 heavy (non-hydrogen) atoms. The lowest BCUT2D eigenvalue weighted by atomic mass is 10.0. The Kier molecular flexibility index (Phi) is 4.52. The summed E-state index contributed by atoms with van der Waals surface area (Å²) in [4.78, 5) is 0. The van der Waals surface area contributed by atoms with Crippen LogP contribution in [-0.4, -0.2) is 31.9 Å². The summed E-state index contributed by atoms with van der Waals surface area (Å²) in [7, 11) is 0. The second kappa shape index (κ2) is 6.54. The maximum atomic E-state index is 5.77. The summed E-state index contributed by atoms with van der Waals surface area (Å²) in [6, 6.07) is 8.97. The fraction of sp³-hybridized carbons (Fsp3) is 0.600. The van der Waals surface area contributed by atoms with Crippen molar-refractivity contribution in [2.45, 2.75) is 37.5 Å². The van der Waals surface area contributed by atoms with Crippen LogP contribution in [0.5, 0.6) is 5.75 Å². The molecule has 3 rings (SSSR count). The summed E-state index contributed by atoms with van der Waals surface area (Å²) in [5.74, 6) is 0.908. The zero-order valence-electron chi connectivity index (χ0n) is 11.7. The first-order valence-electron chi connectivity index (χ1n) is 7.40. The Balaban J connectivity index is 1.52. The first-order valence-corrected chi connectivity index (χ1v) is 7.40. The van der Waals surface area contributed by atoms with Gasteiger partial charge in [-0.2, -0.15) is 0 Å². The molecule has 2 aliphatic heterocycles. The zero-order chi connectivity index (χ0) is 13.8. The molecule has 0 spiro atoms. The number of benzene rings is 1. The third kappa shape index (κ3) is 3.30. The zero-order valence-corrected chi connectivity index (χ0v) is 11.7. The van der Waals surface area contributed by atoms with Gasteiger partial charge in [-0.15, -0.1) is 0 Å². The van der Waals surface area contributed by atoms with Gasteiger partial charge in [0.15, 0.2) is 0 Å². The highest BCUT2D eigenvalue weighted by Crippen LogP contribution is 2.24. The molecule has 0 bridgehead atoms. The second-order valence-electron chi connectivity index (χ2n) is 5.52. The van der Waals surface area contributed by atoms with E-state index in [-0.39, 0.29) is 6.10 Å². The Bertz CT molecular complexity index is 418. The third-order valence-electron chi connectivity index (χ3n) is 4.01. The Morgan fingerprint density at radius 2 is 2.10 bits per heavy atom. The molecule has 3 unspecified atom stereocenters. The van der Waals surface area contributed by atoms with Gasteiger partial charge in [-0.3, -0.25) is 5.43 Å². The van der Waals surface area contributed by atoms with Gasteiger partial charge >= 0.3 is 0 Å². The van der Waals surface area contributed by atoms with E-state index in [0.717, 1.165) is 31.6 Å². The lowest BCUT2D eigenvalue weighted by molar-refractivity contribution is 0.0679. The van der Waals surface area contributed by atoms with Gasteiger partial charge in [-0.1, -0.05) is 12.1 Å². The van der Waals surface area contributed by atoms with Crippen molar-refractivity contribution in [1.82, 2.24) is 10.9 Å². The van der Waals surface area contributed by atoms with Crippen molar-refractivity contribution in [2.24, 2.45) is 5.73 Å². The smallest absolute Gasteiger partial charge is 0.119 e. The van der Waals surface area contributed by atoms with Gasteiger partial charge in [0.2, 0.25) is 0 Å². The molecule has 0 saturated carbocycles. The van der Waals surface area contributed by atoms with E-state index >= 15 is 0 Å². The molecule has 2 fully saturated rings. The van der Waals surface area contributed by atoms with Gasteiger partial charge in [0.05, 0.1) is 6.10 Å². The topological polar surface area (TPSA) is 68.5 Å². The largest absolute Gasteiger partial charge is 0.491 e. The fourth-order valence-electron chi connectivity index (χ4n) is 2.76. The minimum absolute atomic E-state index is 0.265. The van der Waals surface area contributed by atoms with E-state index in [4.69, 9.17) is 15.2 Å². The number of hydrogen-bond acceptors (Lipinski definition) is 5. The standard InChI is InChI=1S/C15H23N3O2/c16-9-12-8-15(18-17-12)11-3-5-13(6-4-11)20-10-14-2-1-7-19-14/h3-6,12,14-15,17-18H,1-2,7-10,16H2. The molecule has 5 heteroatoms. The average Bonchev–Trinajstić information content (AvgIpc) is 3.17. The summed E-state index contributed by atoms with van der Waals surface area (Å²) in [6.45, 7) is 2.18. The van der Waals surface area contributed by atoms with E-state index in [1.165, 1.54) is 5.56 Å². The maximum Gasteiger partial charge on any atom is 0.119 e. The van der Waals surface area contributed by atoms with Crippen LogP contribution in [0.15, 0.2) is 24.3 Å². The van der Waals surface area contributed by atoms with Crippen LogP contribution in [0.3, 0.4) is 0 Å². The van der Waals surface area contributed by atoms with Crippen LogP contribution in [0.2, 0.25) is 0 Å². The molecule has 4 N–H and O–H groups in total. The predicted molar refractivity (Wildman–Crippen MR) is 77.4 cm³/mol. The predicted octanol–water partition coefficient (Wildman–Crippen LogP) is 1.11. The Morgan fingerprint density at radius 3 is 2.75 bits per heavy atom. The molecule has 2 saturated heterocycles. The molecule has 0 aliphatic carbocycles. The van der Waals surface area contributed by atoms with E-state index in [1.807, 2.05) is 12.1 Å². The van der Waals surface area contributed by atoms with Crippen LogP contribution < -0.4 is 21.3 Å². The minimum atomic E-state index is 0.265. The third-order valence-corrected chi connectivity index (χ3v) is 4.01. The second-order valence-corrected chi connectivity index (χ2v) is 5.52. The van der Waals surface area contributed by atoms with Gasteiger partial charge < -0.3 is 15.2 Å². The van der Waals surface area contributed by atoms with Crippen LogP contribution in [0, 0.1) is 0 Å². The molecule has 1 aromatic carbocycles. The Labute approximate surface area is 119 Å². The molecule has 110 valence electrons. The minimum Gasteiger partial charge on any atom is -0.491 e. The molecule has 3 atom stereocenters. The summed E-state index contributed by atoms with van der Waals surface area (Å²) in [6.07, 6.45) is 3.54. The lowest BCUT2D eigenvalue weighted by Crippen LogP contribution is -2.35. The normalized spacial score (nSPS) is 29.8. The first-order chi connectivity index (χ1) is 9.85. The summed E-state index contributed by atoms with van der Waals surface area (Å²) >= 11 is 0. The van der Waals surface area contributed by atoms with Gasteiger partial charge in [-0.25, -0.2) is 5.43 Å². The van der Waals surface area contributed by atoms with Crippen LogP contribution in [0.25, 0.3) is 0 Å². The monoisotopic (exact) mass is 277 g/mol. The van der Waals surface area contributed by atoms with Crippen LogP contribution in [-0.2, 0) is 4.74 Å². The molecule has 0 amide bonds. The summed E-state index contributed by atoms with van der Waals surface area (Å²) in [5, 5.41) is 0. The summed E-state index contributed by atoms with van der Waals surface area (Å²) < 4.78 is 11.3. The number of nitrogens with one attached hydrogen (secondary N) is 2. The highest BCUT2D eigenvalue weighted by molar-refractivity contribution is 5.29. The van der Waals surface area contributed by atoms with Crippen molar-refractivity contribution in [3.63, 3.8) is 0 Å². The van der Waals surface area contributed by atoms with E-state index < -0.39 is 0 Å². The van der Waals surface area contributed by atoms with Crippen LogP contribution in [0.4, 0.5) is 0 Å². The number of hydrogen-bond donors (Lipinski definition) is 3. The highest BCUT2D eigenvalue weighted by Gasteiger charge is 2.23. The summed E-state index contributed by atoms with van der Waals surface area (Å²) in [5.41, 5.74) is 13.4. The molecule has 0 aromatic heterocycles. The SMILES string of the molecule is NCC1CC(c2ccc(OCC3CCCO3)cc2)NN1. The van der Waals surface area contributed by atoms with Crippen molar-refractivity contribution >= 4 is 0 Å². The van der Waals surface area contributed by atoms with E-state index in [2.05, 4.69) is 23.0 Å². The lowest BCUT2D eigenvalue weighted by Gasteiger charge is -2.13. The van der Waals surface area contributed by atoms with Crippen molar-refractivity contribution < 1.29 is 9.47 Å². The molecule has 2 heterocycles. The van der Waals surface area contributed by atoms with E-state index in [1.54, 1.807) is 0 Å².